The maximum atomic E-state index is 11.6. The third kappa shape index (κ3) is 4.08. The van der Waals surface area contributed by atoms with Gasteiger partial charge in [0.25, 0.3) is 0 Å². The Morgan fingerprint density at radius 2 is 2.04 bits per heavy atom. The summed E-state index contributed by atoms with van der Waals surface area (Å²) in [4.78, 5) is 16.6. The number of rotatable bonds is 5. The number of nitrogens with zero attached hydrogens (tertiary/aromatic N) is 1. The molecule has 4 N–H and O–H groups in total. The van der Waals surface area contributed by atoms with Crippen molar-refractivity contribution in [3.63, 3.8) is 0 Å². The number of thiol groups is 1. The number of carbonyl (C=O) groups is 1. The van der Waals surface area contributed by atoms with E-state index in [2.05, 4.69) is 28.2 Å². The SMILES string of the molecule is C/C(=C/NC(=O)C1CC1)Nc1ccc(-c2ccc(N)nc2)cc1S. The lowest BCUT2D eigenvalue weighted by Gasteiger charge is -2.11. The summed E-state index contributed by atoms with van der Waals surface area (Å²) in [7, 11) is 0. The lowest BCUT2D eigenvalue weighted by Crippen LogP contribution is -2.20. The van der Waals surface area contributed by atoms with Gasteiger partial charge in [-0.25, -0.2) is 4.98 Å². The number of nitrogens with two attached hydrogens (primary N) is 1. The minimum Gasteiger partial charge on any atom is -0.384 e. The van der Waals surface area contributed by atoms with Gasteiger partial charge in [-0.3, -0.25) is 4.79 Å². The Labute approximate surface area is 146 Å². The summed E-state index contributed by atoms with van der Waals surface area (Å²) in [5.41, 5.74) is 9.33. The maximum absolute atomic E-state index is 11.6. The van der Waals surface area contributed by atoms with Gasteiger partial charge in [-0.1, -0.05) is 6.07 Å². The van der Waals surface area contributed by atoms with Gasteiger partial charge in [-0.05, 0) is 49.6 Å². The number of hydrogen-bond donors (Lipinski definition) is 4. The van der Waals surface area contributed by atoms with E-state index >= 15 is 0 Å². The van der Waals surface area contributed by atoms with E-state index in [1.165, 1.54) is 0 Å². The van der Waals surface area contributed by atoms with E-state index in [1.54, 1.807) is 18.5 Å². The fourth-order valence-corrected chi connectivity index (χ4v) is 2.55. The molecule has 0 aliphatic heterocycles. The van der Waals surface area contributed by atoms with Crippen LogP contribution in [0.15, 0.2) is 53.3 Å². The lowest BCUT2D eigenvalue weighted by molar-refractivity contribution is -0.121. The Balaban J connectivity index is 1.69. The Bertz CT molecular complexity index is 782. The van der Waals surface area contributed by atoms with Gasteiger partial charge >= 0.3 is 0 Å². The van der Waals surface area contributed by atoms with Gasteiger partial charge in [0.15, 0.2) is 0 Å². The first-order valence-corrected chi connectivity index (χ1v) is 8.27. The van der Waals surface area contributed by atoms with Gasteiger partial charge in [0.2, 0.25) is 5.91 Å². The number of pyridine rings is 1. The lowest BCUT2D eigenvalue weighted by atomic mass is 10.1. The van der Waals surface area contributed by atoms with Gasteiger partial charge in [0.1, 0.15) is 5.82 Å². The van der Waals surface area contributed by atoms with Crippen molar-refractivity contribution in [3.05, 3.63) is 48.4 Å². The molecule has 1 aromatic heterocycles. The van der Waals surface area contributed by atoms with E-state index in [0.29, 0.717) is 5.82 Å². The van der Waals surface area contributed by atoms with Crippen molar-refractivity contribution in [2.75, 3.05) is 11.1 Å². The van der Waals surface area contributed by atoms with Crippen molar-refractivity contribution >= 4 is 30.0 Å². The Morgan fingerprint density at radius 1 is 1.29 bits per heavy atom. The minimum absolute atomic E-state index is 0.0912. The first-order valence-electron chi connectivity index (χ1n) is 7.82. The number of carbonyl (C=O) groups excluding carboxylic acids is 1. The van der Waals surface area contributed by atoms with Crippen molar-refractivity contribution in [1.29, 1.82) is 0 Å². The fourth-order valence-electron chi connectivity index (χ4n) is 2.28. The van der Waals surface area contributed by atoms with Crippen LogP contribution in [0.5, 0.6) is 0 Å². The third-order valence-electron chi connectivity index (χ3n) is 3.83. The van der Waals surface area contributed by atoms with Crippen LogP contribution in [-0.4, -0.2) is 10.9 Å². The van der Waals surface area contributed by atoms with Crippen LogP contribution in [0.4, 0.5) is 11.5 Å². The Kier molecular flexibility index (Phi) is 4.76. The van der Waals surface area contributed by atoms with Crippen LogP contribution in [0.25, 0.3) is 11.1 Å². The van der Waals surface area contributed by atoms with Crippen LogP contribution in [-0.2, 0) is 4.79 Å². The molecule has 5 nitrogen and oxygen atoms in total. The van der Waals surface area contributed by atoms with E-state index in [9.17, 15) is 4.79 Å². The summed E-state index contributed by atoms with van der Waals surface area (Å²) in [6.45, 7) is 1.90. The van der Waals surface area contributed by atoms with E-state index < -0.39 is 0 Å². The van der Waals surface area contributed by atoms with Gasteiger partial charge in [-0.2, -0.15) is 0 Å². The first-order chi connectivity index (χ1) is 11.5. The molecule has 0 radical (unpaired) electrons. The molecule has 2 aromatic rings. The molecule has 6 heteroatoms. The second-order valence-electron chi connectivity index (χ2n) is 5.94. The highest BCUT2D eigenvalue weighted by Gasteiger charge is 2.28. The highest BCUT2D eigenvalue weighted by molar-refractivity contribution is 7.80. The average molecular weight is 340 g/mol. The molecule has 1 fully saturated rings. The number of benzene rings is 1. The van der Waals surface area contributed by atoms with E-state index in [0.717, 1.165) is 40.2 Å². The molecule has 1 heterocycles. The predicted octanol–water partition coefficient (Wildman–Crippen LogP) is 3.42. The number of nitrogen functional groups attached to an aromatic ring is 1. The number of hydrogen-bond acceptors (Lipinski definition) is 5. The van der Waals surface area contributed by atoms with Crippen molar-refractivity contribution in [1.82, 2.24) is 10.3 Å². The molecular formula is C18H20N4OS. The minimum atomic E-state index is 0.0912. The van der Waals surface area contributed by atoms with Crippen LogP contribution in [0, 0.1) is 5.92 Å². The predicted molar refractivity (Wildman–Crippen MR) is 99.6 cm³/mol. The standard InChI is InChI=1S/C18H20N4OS/c1-11(9-21-18(23)12-2-3-12)22-15-6-4-13(8-16(15)24)14-5-7-17(19)20-10-14/h4-10,12,22,24H,2-3H2,1H3,(H2,19,20)(H,21,23)/b11-9-. The Hall–Kier alpha value is -2.47. The first kappa shape index (κ1) is 16.4. The van der Waals surface area contributed by atoms with Crippen molar-refractivity contribution in [3.8, 4) is 11.1 Å². The van der Waals surface area contributed by atoms with E-state index in [-0.39, 0.29) is 11.8 Å². The van der Waals surface area contributed by atoms with E-state index in [1.807, 2.05) is 31.2 Å². The zero-order valence-corrected chi connectivity index (χ0v) is 14.3. The summed E-state index contributed by atoms with van der Waals surface area (Å²) in [6.07, 6.45) is 5.43. The quantitative estimate of drug-likeness (QED) is 0.629. The third-order valence-corrected chi connectivity index (χ3v) is 4.20. The molecule has 1 aliphatic rings. The summed E-state index contributed by atoms with van der Waals surface area (Å²) in [5, 5.41) is 6.07. The monoisotopic (exact) mass is 340 g/mol. The van der Waals surface area contributed by atoms with Crippen molar-refractivity contribution in [2.24, 2.45) is 5.92 Å². The van der Waals surface area contributed by atoms with Crippen LogP contribution in [0.3, 0.4) is 0 Å². The molecule has 0 bridgehead atoms. The zero-order valence-electron chi connectivity index (χ0n) is 13.4. The Morgan fingerprint density at radius 3 is 2.67 bits per heavy atom. The fraction of sp³-hybridized carbons (Fsp3) is 0.222. The average Bonchev–Trinajstić information content (AvgIpc) is 3.40. The molecule has 1 aromatic carbocycles. The summed E-state index contributed by atoms with van der Waals surface area (Å²) in [6, 6.07) is 9.61. The molecule has 1 saturated carbocycles. The van der Waals surface area contributed by atoms with Gasteiger partial charge in [0.05, 0.1) is 5.69 Å². The summed E-state index contributed by atoms with van der Waals surface area (Å²) >= 11 is 4.54. The molecule has 124 valence electrons. The molecule has 0 saturated heterocycles. The van der Waals surface area contributed by atoms with Crippen molar-refractivity contribution in [2.45, 2.75) is 24.7 Å². The molecule has 3 rings (SSSR count). The van der Waals surface area contributed by atoms with Gasteiger partial charge in [-0.15, -0.1) is 12.6 Å². The maximum Gasteiger partial charge on any atom is 0.227 e. The molecule has 1 aliphatic carbocycles. The summed E-state index contributed by atoms with van der Waals surface area (Å²) in [5.74, 6) is 0.785. The molecule has 24 heavy (non-hydrogen) atoms. The number of anilines is 2. The van der Waals surface area contributed by atoms with Crippen molar-refractivity contribution < 1.29 is 4.79 Å². The molecular weight excluding hydrogens is 320 g/mol. The molecule has 0 spiro atoms. The second-order valence-corrected chi connectivity index (χ2v) is 6.42. The van der Waals surface area contributed by atoms with Gasteiger partial charge in [0, 0.05) is 34.5 Å². The topological polar surface area (TPSA) is 80.0 Å². The second kappa shape index (κ2) is 6.97. The van der Waals surface area contributed by atoms with Crippen LogP contribution in [0.2, 0.25) is 0 Å². The zero-order chi connectivity index (χ0) is 17.1. The van der Waals surface area contributed by atoms with E-state index in [4.69, 9.17) is 5.73 Å². The highest BCUT2D eigenvalue weighted by Crippen LogP contribution is 2.29. The smallest absolute Gasteiger partial charge is 0.227 e. The number of allylic oxidation sites excluding steroid dienone is 1. The van der Waals surface area contributed by atoms with Crippen LogP contribution >= 0.6 is 12.6 Å². The van der Waals surface area contributed by atoms with Gasteiger partial charge < -0.3 is 16.4 Å². The number of amides is 1. The van der Waals surface area contributed by atoms with Crippen LogP contribution < -0.4 is 16.4 Å². The molecule has 0 unspecified atom stereocenters. The largest absolute Gasteiger partial charge is 0.384 e. The number of aromatic nitrogens is 1. The number of nitrogens with one attached hydrogen (secondary N) is 2. The molecule has 1 amide bonds. The van der Waals surface area contributed by atoms with Crippen LogP contribution in [0.1, 0.15) is 19.8 Å². The highest BCUT2D eigenvalue weighted by atomic mass is 32.1. The molecule has 0 atom stereocenters. The summed E-state index contributed by atoms with van der Waals surface area (Å²) < 4.78 is 0. The normalized spacial score (nSPS) is 14.3.